The van der Waals surface area contributed by atoms with E-state index in [0.29, 0.717) is 23.9 Å². The van der Waals surface area contributed by atoms with Gasteiger partial charge in [-0.05, 0) is 30.3 Å². The summed E-state index contributed by atoms with van der Waals surface area (Å²) in [5, 5.41) is 8.03. The first-order chi connectivity index (χ1) is 13.5. The Morgan fingerprint density at radius 1 is 0.857 bits per heavy atom. The number of halogens is 2. The fourth-order valence-corrected chi connectivity index (χ4v) is 2.60. The Kier molecular flexibility index (Phi) is 8.58. The van der Waals surface area contributed by atoms with Crippen LogP contribution in [-0.4, -0.2) is 44.0 Å². The van der Waals surface area contributed by atoms with Crippen LogP contribution in [0.15, 0.2) is 48.5 Å². The van der Waals surface area contributed by atoms with Gasteiger partial charge in [-0.1, -0.05) is 41.4 Å². The van der Waals surface area contributed by atoms with Crippen LogP contribution in [0.4, 0.5) is 0 Å². The molecule has 7 nitrogen and oxygen atoms in total. The zero-order valence-corrected chi connectivity index (χ0v) is 16.3. The van der Waals surface area contributed by atoms with Crippen LogP contribution in [0.5, 0.6) is 5.75 Å². The molecule has 2 aromatic carbocycles. The third-order valence-electron chi connectivity index (χ3n) is 3.47. The van der Waals surface area contributed by atoms with Crippen molar-refractivity contribution in [3.8, 4) is 5.75 Å². The summed E-state index contributed by atoms with van der Waals surface area (Å²) in [6, 6.07) is 13.6. The topological polar surface area (TPSA) is 96.5 Å². The monoisotopic (exact) mass is 423 g/mol. The summed E-state index contributed by atoms with van der Waals surface area (Å²) in [6.45, 7) is 0.112. The highest BCUT2D eigenvalue weighted by atomic mass is 35.5. The number of carbonyl (C=O) groups is 3. The number of hydrogen-bond acceptors (Lipinski definition) is 4. The molecule has 0 radical (unpaired) electrons. The maximum absolute atomic E-state index is 12.0. The Bertz CT molecular complexity index is 831. The van der Waals surface area contributed by atoms with Crippen molar-refractivity contribution in [1.82, 2.24) is 16.0 Å². The predicted molar refractivity (Wildman–Crippen MR) is 107 cm³/mol. The van der Waals surface area contributed by atoms with E-state index in [1.54, 1.807) is 0 Å². The van der Waals surface area contributed by atoms with Gasteiger partial charge < -0.3 is 20.7 Å². The van der Waals surface area contributed by atoms with Crippen LogP contribution in [0.25, 0.3) is 0 Å². The van der Waals surface area contributed by atoms with Gasteiger partial charge in [-0.15, -0.1) is 0 Å². The minimum absolute atomic E-state index is 0.183. The van der Waals surface area contributed by atoms with E-state index in [-0.39, 0.29) is 29.6 Å². The largest absolute Gasteiger partial charge is 0.492 e. The molecule has 0 aliphatic heterocycles. The van der Waals surface area contributed by atoms with E-state index in [1.165, 1.54) is 18.2 Å². The third kappa shape index (κ3) is 7.46. The molecule has 0 aromatic heterocycles. The van der Waals surface area contributed by atoms with Crippen molar-refractivity contribution in [2.75, 3.05) is 26.2 Å². The molecule has 3 N–H and O–H groups in total. The van der Waals surface area contributed by atoms with E-state index in [2.05, 4.69) is 16.0 Å². The first kappa shape index (κ1) is 21.5. The molecule has 0 saturated heterocycles. The highest BCUT2D eigenvalue weighted by molar-refractivity contribution is 6.36. The summed E-state index contributed by atoms with van der Waals surface area (Å²) >= 11 is 11.7. The summed E-state index contributed by atoms with van der Waals surface area (Å²) < 4.78 is 5.44. The fraction of sp³-hybridized carbons (Fsp3) is 0.211. The molecule has 0 aliphatic rings. The Balaban J connectivity index is 1.61. The Morgan fingerprint density at radius 3 is 2.25 bits per heavy atom. The van der Waals surface area contributed by atoms with Crippen molar-refractivity contribution in [2.45, 2.75) is 0 Å². The van der Waals surface area contributed by atoms with Crippen LogP contribution in [0.3, 0.4) is 0 Å². The molecule has 0 fully saturated rings. The Hall–Kier alpha value is -2.77. The maximum Gasteiger partial charge on any atom is 0.253 e. The molecule has 0 heterocycles. The lowest BCUT2D eigenvalue weighted by Gasteiger charge is -2.09. The van der Waals surface area contributed by atoms with E-state index in [9.17, 15) is 14.4 Å². The number of benzene rings is 2. The van der Waals surface area contributed by atoms with Gasteiger partial charge in [0.15, 0.2) is 0 Å². The molecule has 9 heteroatoms. The van der Waals surface area contributed by atoms with E-state index >= 15 is 0 Å². The molecule has 0 atom stereocenters. The van der Waals surface area contributed by atoms with Gasteiger partial charge in [0.2, 0.25) is 11.8 Å². The zero-order chi connectivity index (χ0) is 20.4. The molecular formula is C19H19Cl2N3O4. The van der Waals surface area contributed by atoms with Gasteiger partial charge in [0.05, 0.1) is 30.2 Å². The standard InChI is InChI=1S/C19H19Cl2N3O4/c20-13-6-7-15(16(21)10-13)19(27)24-12-18(26)23-11-17(25)22-8-9-28-14-4-2-1-3-5-14/h1-7,10H,8-9,11-12H2,(H,22,25)(H,23,26)(H,24,27). The molecule has 3 amide bonds. The smallest absolute Gasteiger partial charge is 0.253 e. The van der Waals surface area contributed by atoms with Crippen molar-refractivity contribution < 1.29 is 19.1 Å². The van der Waals surface area contributed by atoms with Crippen LogP contribution in [0, 0.1) is 0 Å². The summed E-state index contributed by atoms with van der Waals surface area (Å²) in [7, 11) is 0. The van der Waals surface area contributed by atoms with Crippen molar-refractivity contribution in [1.29, 1.82) is 0 Å². The second-order valence-corrected chi connectivity index (χ2v) is 6.44. The van der Waals surface area contributed by atoms with Crippen LogP contribution < -0.4 is 20.7 Å². The SMILES string of the molecule is O=C(CNC(=O)CNC(=O)c1ccc(Cl)cc1Cl)NCCOc1ccccc1. The summed E-state index contributed by atoms with van der Waals surface area (Å²) in [5.74, 6) is -0.674. The second-order valence-electron chi connectivity index (χ2n) is 5.60. The van der Waals surface area contributed by atoms with Gasteiger partial charge in [-0.2, -0.15) is 0 Å². The molecule has 2 rings (SSSR count). The van der Waals surface area contributed by atoms with E-state index in [4.69, 9.17) is 27.9 Å². The average molecular weight is 424 g/mol. The lowest BCUT2D eigenvalue weighted by Crippen LogP contribution is -2.42. The quantitative estimate of drug-likeness (QED) is 0.537. The predicted octanol–water partition coefficient (Wildman–Crippen LogP) is 2.03. The van der Waals surface area contributed by atoms with Crippen molar-refractivity contribution in [2.24, 2.45) is 0 Å². The third-order valence-corrected chi connectivity index (χ3v) is 4.02. The number of carbonyl (C=O) groups excluding carboxylic acids is 3. The number of nitrogens with one attached hydrogen (secondary N) is 3. The summed E-state index contributed by atoms with van der Waals surface area (Å²) in [4.78, 5) is 35.4. The maximum atomic E-state index is 12.0. The van der Waals surface area contributed by atoms with E-state index in [1.807, 2.05) is 30.3 Å². The zero-order valence-electron chi connectivity index (χ0n) is 14.8. The second kappa shape index (κ2) is 11.2. The number of ether oxygens (including phenoxy) is 1. The highest BCUT2D eigenvalue weighted by Gasteiger charge is 2.12. The van der Waals surface area contributed by atoms with Crippen LogP contribution in [0.2, 0.25) is 10.0 Å². The number of rotatable bonds is 9. The molecule has 0 spiro atoms. The molecule has 28 heavy (non-hydrogen) atoms. The van der Waals surface area contributed by atoms with Crippen molar-refractivity contribution >= 4 is 40.9 Å². The number of hydrogen-bond donors (Lipinski definition) is 3. The summed E-state index contributed by atoms with van der Waals surface area (Å²) in [6.07, 6.45) is 0. The van der Waals surface area contributed by atoms with Gasteiger partial charge in [-0.3, -0.25) is 14.4 Å². The molecule has 0 aliphatic carbocycles. The van der Waals surface area contributed by atoms with E-state index < -0.39 is 11.8 Å². The lowest BCUT2D eigenvalue weighted by atomic mass is 10.2. The van der Waals surface area contributed by atoms with Crippen molar-refractivity contribution in [3.63, 3.8) is 0 Å². The fourth-order valence-electron chi connectivity index (χ4n) is 2.11. The minimum Gasteiger partial charge on any atom is -0.492 e. The van der Waals surface area contributed by atoms with Gasteiger partial charge in [-0.25, -0.2) is 0 Å². The first-order valence-corrected chi connectivity index (χ1v) is 9.16. The van der Waals surface area contributed by atoms with Gasteiger partial charge in [0.25, 0.3) is 5.91 Å². The van der Waals surface area contributed by atoms with Gasteiger partial charge >= 0.3 is 0 Å². The number of amides is 3. The van der Waals surface area contributed by atoms with Gasteiger partial charge in [0, 0.05) is 5.02 Å². The van der Waals surface area contributed by atoms with E-state index in [0.717, 1.165) is 0 Å². The molecule has 2 aromatic rings. The molecule has 148 valence electrons. The van der Waals surface area contributed by atoms with Crippen LogP contribution in [-0.2, 0) is 9.59 Å². The average Bonchev–Trinajstić information content (AvgIpc) is 2.68. The molecule has 0 unspecified atom stereocenters. The van der Waals surface area contributed by atoms with Gasteiger partial charge in [0.1, 0.15) is 12.4 Å². The summed E-state index contributed by atoms with van der Waals surface area (Å²) in [5.41, 5.74) is 0.204. The first-order valence-electron chi connectivity index (χ1n) is 8.40. The van der Waals surface area contributed by atoms with Crippen LogP contribution >= 0.6 is 23.2 Å². The lowest BCUT2D eigenvalue weighted by molar-refractivity contribution is -0.125. The minimum atomic E-state index is -0.515. The highest BCUT2D eigenvalue weighted by Crippen LogP contribution is 2.20. The number of para-hydroxylation sites is 1. The Morgan fingerprint density at radius 2 is 1.54 bits per heavy atom. The van der Waals surface area contributed by atoms with Crippen LogP contribution in [0.1, 0.15) is 10.4 Å². The van der Waals surface area contributed by atoms with Crippen molar-refractivity contribution in [3.05, 3.63) is 64.1 Å². The molecule has 0 bridgehead atoms. The molecular weight excluding hydrogens is 405 g/mol. The molecule has 0 saturated carbocycles. The normalized spacial score (nSPS) is 10.1. The Labute approximate surface area is 172 Å².